The minimum Gasteiger partial charge on any atom is -0.445 e. The molecule has 0 bridgehead atoms. The first kappa shape index (κ1) is 42.1. The number of hydrogen-bond acceptors (Lipinski definition) is 7. The number of hydrogen-bond donors (Lipinski definition) is 1. The lowest BCUT2D eigenvalue weighted by molar-refractivity contribution is -0.310. The van der Waals surface area contributed by atoms with Crippen LogP contribution in [0.1, 0.15) is 37.5 Å². The van der Waals surface area contributed by atoms with Gasteiger partial charge in [-0.2, -0.15) is 0 Å². The molecule has 0 aliphatic carbocycles. The monoisotopic (exact) mass is 831 g/mol. The van der Waals surface area contributed by atoms with Gasteiger partial charge in [0.15, 0.2) is 0 Å². The summed E-state index contributed by atoms with van der Waals surface area (Å²) >= 11 is 18.6. The van der Waals surface area contributed by atoms with Crippen LogP contribution in [0.25, 0.3) is 0 Å². The van der Waals surface area contributed by atoms with Crippen molar-refractivity contribution in [2.45, 2.75) is 80.1 Å². The molecule has 1 aliphatic heterocycles. The highest BCUT2D eigenvalue weighted by Crippen LogP contribution is 2.39. The number of ether oxygens (including phenoxy) is 5. The Balaban J connectivity index is 1.44. The second-order valence-electron chi connectivity index (χ2n) is 14.7. The molecule has 0 saturated carbocycles. The summed E-state index contributed by atoms with van der Waals surface area (Å²) in [5.74, 6) is -0.613. The number of rotatable bonds is 15. The summed E-state index contributed by atoms with van der Waals surface area (Å²) in [6, 6.07) is 50.3. The van der Waals surface area contributed by atoms with E-state index in [1.54, 1.807) is 0 Å². The Morgan fingerprint density at radius 2 is 0.946 bits per heavy atom. The minimum atomic E-state index is -3.06. The summed E-state index contributed by atoms with van der Waals surface area (Å²) in [6.07, 6.45) is -4.49. The molecule has 0 spiro atoms. The molecule has 294 valence electrons. The summed E-state index contributed by atoms with van der Waals surface area (Å²) in [6.45, 7) is 7.43. The Kier molecular flexibility index (Phi) is 14.5. The molecule has 56 heavy (non-hydrogen) atoms. The quantitative estimate of drug-likeness (QED) is 0.0491. The Morgan fingerprint density at radius 3 is 1.34 bits per heavy atom. The fourth-order valence-corrected chi connectivity index (χ4v) is 11.8. The second-order valence-corrected chi connectivity index (χ2v) is 21.3. The van der Waals surface area contributed by atoms with Crippen LogP contribution in [0.2, 0.25) is 5.04 Å². The van der Waals surface area contributed by atoms with Crippen molar-refractivity contribution in [3.63, 3.8) is 0 Å². The number of alkyl halides is 3. The van der Waals surface area contributed by atoms with Crippen LogP contribution >= 0.6 is 34.8 Å². The first-order valence-electron chi connectivity index (χ1n) is 18.6. The van der Waals surface area contributed by atoms with Gasteiger partial charge in [0.05, 0.1) is 26.4 Å². The summed E-state index contributed by atoms with van der Waals surface area (Å²) < 4.78 is 38.6. The molecule has 1 saturated heterocycles. The molecule has 5 atom stereocenters. The lowest BCUT2D eigenvalue weighted by Crippen LogP contribution is -2.68. The van der Waals surface area contributed by atoms with Crippen molar-refractivity contribution >= 4 is 59.4 Å². The Labute approximate surface area is 346 Å². The first-order valence-corrected chi connectivity index (χ1v) is 21.7. The first-order chi connectivity index (χ1) is 27.0. The van der Waals surface area contributed by atoms with Gasteiger partial charge in [0, 0.05) is 0 Å². The summed E-state index contributed by atoms with van der Waals surface area (Å²) in [5, 5.41) is 10.5. The molecular formula is C45H48Cl3NO6Si. The van der Waals surface area contributed by atoms with Gasteiger partial charge in [-0.05, 0) is 32.1 Å². The smallest absolute Gasteiger partial charge is 0.265 e. The zero-order chi connectivity index (χ0) is 39.6. The zero-order valence-electron chi connectivity index (χ0n) is 31.7. The molecule has 5 aromatic rings. The number of halogens is 3. The lowest BCUT2D eigenvalue weighted by atomic mass is 9.98. The predicted molar refractivity (Wildman–Crippen MR) is 226 cm³/mol. The second kappa shape index (κ2) is 19.3. The van der Waals surface area contributed by atoms with Crippen molar-refractivity contribution in [1.82, 2.24) is 0 Å². The molecule has 11 heteroatoms. The van der Waals surface area contributed by atoms with Crippen LogP contribution in [0.3, 0.4) is 0 Å². The Hall–Kier alpha value is -3.54. The van der Waals surface area contributed by atoms with Crippen molar-refractivity contribution in [1.29, 1.82) is 5.41 Å². The van der Waals surface area contributed by atoms with Gasteiger partial charge < -0.3 is 28.1 Å². The lowest BCUT2D eigenvalue weighted by Gasteiger charge is -2.48. The topological polar surface area (TPSA) is 79.2 Å². The van der Waals surface area contributed by atoms with Crippen LogP contribution in [-0.4, -0.2) is 55.3 Å². The normalized spacial score (nSPS) is 20.4. The molecule has 0 amide bonds. The summed E-state index contributed by atoms with van der Waals surface area (Å²) in [7, 11) is -3.06. The maximum Gasteiger partial charge on any atom is 0.265 e. The van der Waals surface area contributed by atoms with Gasteiger partial charge in [-0.25, -0.2) is 0 Å². The fraction of sp³-hybridized carbons (Fsp3) is 0.311. The third-order valence-corrected chi connectivity index (χ3v) is 15.3. The van der Waals surface area contributed by atoms with E-state index in [9.17, 15) is 0 Å². The van der Waals surface area contributed by atoms with E-state index in [2.05, 4.69) is 45.0 Å². The van der Waals surface area contributed by atoms with Gasteiger partial charge in [-0.1, -0.05) is 207 Å². The Bertz CT molecular complexity index is 1890. The molecule has 1 heterocycles. The van der Waals surface area contributed by atoms with Gasteiger partial charge in [0.2, 0.25) is 12.2 Å². The van der Waals surface area contributed by atoms with E-state index in [-0.39, 0.29) is 31.5 Å². The molecular weight excluding hydrogens is 785 g/mol. The third kappa shape index (κ3) is 10.5. The van der Waals surface area contributed by atoms with E-state index in [4.69, 9.17) is 68.3 Å². The van der Waals surface area contributed by atoms with E-state index in [0.29, 0.717) is 0 Å². The number of benzene rings is 5. The van der Waals surface area contributed by atoms with E-state index >= 15 is 0 Å². The molecule has 5 aromatic carbocycles. The maximum absolute atomic E-state index is 8.63. The summed E-state index contributed by atoms with van der Waals surface area (Å²) in [4.78, 5) is 0. The maximum atomic E-state index is 8.63. The van der Waals surface area contributed by atoms with Crippen molar-refractivity contribution in [3.05, 3.63) is 168 Å². The van der Waals surface area contributed by atoms with Crippen LogP contribution in [0.4, 0.5) is 0 Å². The molecule has 1 N–H and O–H groups in total. The van der Waals surface area contributed by atoms with Crippen LogP contribution in [0, 0.1) is 5.41 Å². The largest absolute Gasteiger partial charge is 0.445 e. The van der Waals surface area contributed by atoms with Crippen molar-refractivity contribution in [3.8, 4) is 0 Å². The average molecular weight is 833 g/mol. The highest BCUT2D eigenvalue weighted by molar-refractivity contribution is 6.99. The highest BCUT2D eigenvalue weighted by atomic mass is 35.6. The van der Waals surface area contributed by atoms with Crippen molar-refractivity contribution in [2.75, 3.05) is 6.61 Å². The van der Waals surface area contributed by atoms with E-state index < -0.39 is 48.7 Å². The van der Waals surface area contributed by atoms with E-state index in [1.807, 2.05) is 127 Å². The third-order valence-electron chi connectivity index (χ3n) is 9.82. The molecule has 1 aliphatic rings. The SMILES string of the molecule is CC(C)(C)[Si](OC[C@H]1OC(OC(=N)C(Cl)(Cl)Cl)[C@H](OCc2ccccc2)[C@@H](OCc2ccccc2)[C@@H]1OCc1ccccc1)(c1ccccc1)c1ccccc1. The zero-order valence-corrected chi connectivity index (χ0v) is 35.0. The van der Waals surface area contributed by atoms with Gasteiger partial charge >= 0.3 is 0 Å². The van der Waals surface area contributed by atoms with Gasteiger partial charge in [0.25, 0.3) is 12.1 Å². The van der Waals surface area contributed by atoms with Crippen LogP contribution < -0.4 is 10.4 Å². The van der Waals surface area contributed by atoms with Gasteiger partial charge in [-0.3, -0.25) is 5.41 Å². The molecule has 1 unspecified atom stereocenters. The van der Waals surface area contributed by atoms with E-state index in [1.165, 1.54) is 0 Å². The van der Waals surface area contributed by atoms with Crippen LogP contribution in [0.5, 0.6) is 0 Å². The van der Waals surface area contributed by atoms with Crippen LogP contribution in [-0.2, 0) is 47.9 Å². The summed E-state index contributed by atoms with van der Waals surface area (Å²) in [5.41, 5.74) is 2.84. The Morgan fingerprint density at radius 1 is 0.571 bits per heavy atom. The molecule has 7 nitrogen and oxygen atoms in total. The standard InChI is InChI=1S/C45H48Cl3NO6Si/c1-44(2,3)56(36-25-15-7-16-26-36,37-27-17-8-18-28-37)53-32-38-39(50-29-33-19-9-4-10-20-33)40(51-30-34-21-11-5-12-22-34)41(52-31-35-23-13-6-14-24-35)42(54-38)55-43(49)45(46,47)48/h4-28,38-42,49H,29-32H2,1-3H3/t38-,39-,40+,41-,42?/m1/s1. The average Bonchev–Trinajstić information content (AvgIpc) is 3.20. The fourth-order valence-electron chi connectivity index (χ4n) is 7.13. The van der Waals surface area contributed by atoms with Crippen molar-refractivity contribution in [2.24, 2.45) is 0 Å². The minimum absolute atomic E-state index is 0.0876. The van der Waals surface area contributed by atoms with E-state index in [0.717, 1.165) is 27.1 Å². The van der Waals surface area contributed by atoms with Crippen molar-refractivity contribution < 1.29 is 28.1 Å². The molecule has 0 radical (unpaired) electrons. The van der Waals surface area contributed by atoms with Gasteiger partial charge in [-0.15, -0.1) is 0 Å². The highest BCUT2D eigenvalue weighted by Gasteiger charge is 2.54. The van der Waals surface area contributed by atoms with Crippen LogP contribution in [0.15, 0.2) is 152 Å². The number of nitrogens with one attached hydrogen (secondary N) is 1. The van der Waals surface area contributed by atoms with Gasteiger partial charge in [0.1, 0.15) is 24.4 Å². The predicted octanol–water partition coefficient (Wildman–Crippen LogP) is 9.41. The molecule has 1 fully saturated rings. The molecule has 0 aromatic heterocycles. The molecule has 6 rings (SSSR count).